The lowest BCUT2D eigenvalue weighted by Gasteiger charge is -2.20. The Morgan fingerprint density at radius 2 is 1.89 bits per heavy atom. The third kappa shape index (κ3) is 3.37. The third-order valence-corrected chi connectivity index (χ3v) is 2.67. The van der Waals surface area contributed by atoms with E-state index in [9.17, 15) is 14.7 Å². The Balaban J connectivity index is 2.91. The van der Waals surface area contributed by atoms with Gasteiger partial charge in [0.2, 0.25) is 5.91 Å². The van der Waals surface area contributed by atoms with Crippen molar-refractivity contribution < 1.29 is 19.4 Å². The van der Waals surface area contributed by atoms with Gasteiger partial charge in [-0.15, -0.1) is 0 Å². The Bertz CT molecular complexity index is 486. The molecule has 0 atom stereocenters. The maximum atomic E-state index is 12.1. The summed E-state index contributed by atoms with van der Waals surface area (Å²) >= 11 is 0. The summed E-state index contributed by atoms with van der Waals surface area (Å²) in [5.74, 6) is -0.637. The van der Waals surface area contributed by atoms with Crippen LogP contribution in [0.2, 0.25) is 0 Å². The number of hydrogen-bond donors (Lipinski definition) is 1. The zero-order valence-corrected chi connectivity index (χ0v) is 11.5. The number of likely N-dealkylation sites (N-methyl/N-ethyl adjacent to an activating group) is 2. The van der Waals surface area contributed by atoms with Gasteiger partial charge in [-0.3, -0.25) is 9.59 Å². The van der Waals surface area contributed by atoms with Gasteiger partial charge >= 0.3 is 0 Å². The first-order chi connectivity index (χ1) is 8.88. The fraction of sp³-hybridized carbons (Fsp3) is 0.385. The van der Waals surface area contributed by atoms with Crippen molar-refractivity contribution in [2.75, 3.05) is 34.8 Å². The van der Waals surface area contributed by atoms with Crippen molar-refractivity contribution in [1.29, 1.82) is 0 Å². The lowest BCUT2D eigenvalue weighted by molar-refractivity contribution is -0.129. The maximum absolute atomic E-state index is 12.1. The van der Waals surface area contributed by atoms with Crippen molar-refractivity contribution in [1.82, 2.24) is 9.80 Å². The molecule has 0 radical (unpaired) electrons. The number of benzene rings is 1. The van der Waals surface area contributed by atoms with E-state index >= 15 is 0 Å². The van der Waals surface area contributed by atoms with Crippen molar-refractivity contribution in [2.45, 2.75) is 0 Å². The van der Waals surface area contributed by atoms with E-state index in [2.05, 4.69) is 0 Å². The molecule has 0 saturated carbocycles. The molecule has 2 amide bonds. The van der Waals surface area contributed by atoms with Gasteiger partial charge in [-0.05, 0) is 12.1 Å². The maximum Gasteiger partial charge on any atom is 0.257 e. The molecule has 0 aliphatic rings. The van der Waals surface area contributed by atoms with E-state index in [0.717, 1.165) is 0 Å². The summed E-state index contributed by atoms with van der Waals surface area (Å²) < 4.78 is 4.94. The topological polar surface area (TPSA) is 70.1 Å². The minimum Gasteiger partial charge on any atom is -0.504 e. The number of amides is 2. The van der Waals surface area contributed by atoms with E-state index < -0.39 is 5.91 Å². The van der Waals surface area contributed by atoms with E-state index in [4.69, 9.17) is 4.74 Å². The molecule has 1 N–H and O–H groups in total. The molecule has 0 spiro atoms. The molecule has 0 saturated heterocycles. The zero-order chi connectivity index (χ0) is 14.6. The molecular formula is C13H18N2O4. The number of ether oxygens (including phenoxy) is 1. The van der Waals surface area contributed by atoms with Crippen molar-refractivity contribution in [2.24, 2.45) is 0 Å². The van der Waals surface area contributed by atoms with Gasteiger partial charge in [-0.25, -0.2) is 0 Å². The van der Waals surface area contributed by atoms with Gasteiger partial charge in [0.05, 0.1) is 19.2 Å². The molecule has 0 bridgehead atoms. The molecule has 0 heterocycles. The van der Waals surface area contributed by atoms with Gasteiger partial charge in [-0.1, -0.05) is 6.07 Å². The highest BCUT2D eigenvalue weighted by molar-refractivity contribution is 5.99. The number of phenols is 1. The number of para-hydroxylation sites is 1. The fourth-order valence-corrected chi connectivity index (χ4v) is 1.48. The molecule has 6 nitrogen and oxygen atoms in total. The predicted molar refractivity (Wildman–Crippen MR) is 70.3 cm³/mol. The van der Waals surface area contributed by atoms with Crippen LogP contribution < -0.4 is 4.74 Å². The predicted octanol–water partition coefficient (Wildman–Crippen LogP) is 0.561. The van der Waals surface area contributed by atoms with Crippen LogP contribution in [0.1, 0.15) is 10.4 Å². The Labute approximate surface area is 112 Å². The Hall–Kier alpha value is -2.24. The van der Waals surface area contributed by atoms with Crippen LogP contribution in [0.15, 0.2) is 18.2 Å². The summed E-state index contributed by atoms with van der Waals surface area (Å²) in [6, 6.07) is 4.64. The van der Waals surface area contributed by atoms with Gasteiger partial charge in [0.15, 0.2) is 11.5 Å². The zero-order valence-electron chi connectivity index (χ0n) is 11.5. The van der Waals surface area contributed by atoms with E-state index in [1.54, 1.807) is 26.2 Å². The SMILES string of the molecule is COc1cccc(C(=O)N(C)CC(=O)N(C)C)c1O. The van der Waals surface area contributed by atoms with Gasteiger partial charge < -0.3 is 19.6 Å². The Kier molecular flexibility index (Phi) is 4.74. The summed E-state index contributed by atoms with van der Waals surface area (Å²) in [5, 5.41) is 9.88. The summed E-state index contributed by atoms with van der Waals surface area (Å²) in [4.78, 5) is 26.3. The highest BCUT2D eigenvalue weighted by atomic mass is 16.5. The summed E-state index contributed by atoms with van der Waals surface area (Å²) in [6.45, 7) is -0.0531. The number of phenolic OH excluding ortho intramolecular Hbond substituents is 1. The number of rotatable bonds is 4. The van der Waals surface area contributed by atoms with Gasteiger partial charge in [0, 0.05) is 21.1 Å². The minimum atomic E-state index is -0.438. The molecule has 6 heteroatoms. The number of methoxy groups -OCH3 is 1. The molecular weight excluding hydrogens is 248 g/mol. The standard InChI is InChI=1S/C13H18N2O4/c1-14(2)11(16)8-15(3)13(18)9-6-5-7-10(19-4)12(9)17/h5-7,17H,8H2,1-4H3. The number of hydrogen-bond acceptors (Lipinski definition) is 4. The van der Waals surface area contributed by atoms with Gasteiger partial charge in [0.1, 0.15) is 0 Å². The van der Waals surface area contributed by atoms with E-state index in [1.807, 2.05) is 0 Å². The summed E-state index contributed by atoms with van der Waals surface area (Å²) in [5.41, 5.74) is 0.105. The quantitative estimate of drug-likeness (QED) is 0.864. The van der Waals surface area contributed by atoms with Crippen LogP contribution in [0.3, 0.4) is 0 Å². The van der Waals surface area contributed by atoms with E-state index in [-0.39, 0.29) is 29.5 Å². The normalized spacial score (nSPS) is 9.89. The van der Waals surface area contributed by atoms with Crippen LogP contribution in [0.5, 0.6) is 11.5 Å². The summed E-state index contributed by atoms with van der Waals surface area (Å²) in [7, 11) is 6.14. The van der Waals surface area contributed by atoms with Crippen LogP contribution >= 0.6 is 0 Å². The second-order valence-corrected chi connectivity index (χ2v) is 4.31. The monoisotopic (exact) mass is 266 g/mol. The summed E-state index contributed by atoms with van der Waals surface area (Å²) in [6.07, 6.45) is 0. The highest BCUT2D eigenvalue weighted by Crippen LogP contribution is 2.29. The van der Waals surface area contributed by atoms with Crippen LogP contribution in [-0.2, 0) is 4.79 Å². The van der Waals surface area contributed by atoms with E-state index in [0.29, 0.717) is 0 Å². The molecule has 0 unspecified atom stereocenters. The number of carbonyl (C=O) groups excluding carboxylic acids is 2. The molecule has 19 heavy (non-hydrogen) atoms. The van der Waals surface area contributed by atoms with Crippen molar-refractivity contribution in [3.8, 4) is 11.5 Å². The lowest BCUT2D eigenvalue weighted by atomic mass is 10.1. The molecule has 0 fully saturated rings. The number of nitrogens with zero attached hydrogens (tertiary/aromatic N) is 2. The average Bonchev–Trinajstić information content (AvgIpc) is 2.37. The molecule has 1 rings (SSSR count). The molecule has 1 aromatic carbocycles. The van der Waals surface area contributed by atoms with Crippen molar-refractivity contribution >= 4 is 11.8 Å². The van der Waals surface area contributed by atoms with Crippen molar-refractivity contribution in [3.63, 3.8) is 0 Å². The molecule has 104 valence electrons. The van der Waals surface area contributed by atoms with Crippen LogP contribution in [0, 0.1) is 0 Å². The third-order valence-electron chi connectivity index (χ3n) is 2.67. The second kappa shape index (κ2) is 6.08. The van der Waals surface area contributed by atoms with Crippen LogP contribution in [0.25, 0.3) is 0 Å². The first kappa shape index (κ1) is 14.8. The minimum absolute atomic E-state index is 0.0531. The fourth-order valence-electron chi connectivity index (χ4n) is 1.48. The van der Waals surface area contributed by atoms with Crippen LogP contribution in [0.4, 0.5) is 0 Å². The second-order valence-electron chi connectivity index (χ2n) is 4.31. The van der Waals surface area contributed by atoms with Gasteiger partial charge in [-0.2, -0.15) is 0 Å². The first-order valence-corrected chi connectivity index (χ1v) is 5.70. The smallest absolute Gasteiger partial charge is 0.257 e. The highest BCUT2D eigenvalue weighted by Gasteiger charge is 2.20. The lowest BCUT2D eigenvalue weighted by Crippen LogP contribution is -2.37. The Morgan fingerprint density at radius 1 is 1.26 bits per heavy atom. The first-order valence-electron chi connectivity index (χ1n) is 5.70. The molecule has 0 aliphatic heterocycles. The van der Waals surface area contributed by atoms with Gasteiger partial charge in [0.25, 0.3) is 5.91 Å². The van der Waals surface area contributed by atoms with E-state index in [1.165, 1.54) is 30.0 Å². The number of aromatic hydroxyl groups is 1. The average molecular weight is 266 g/mol. The molecule has 0 aliphatic carbocycles. The number of carbonyl (C=O) groups is 2. The Morgan fingerprint density at radius 3 is 2.42 bits per heavy atom. The largest absolute Gasteiger partial charge is 0.504 e. The van der Waals surface area contributed by atoms with Crippen LogP contribution in [-0.4, -0.2) is 61.5 Å². The molecule has 1 aromatic rings. The molecule has 0 aromatic heterocycles. The van der Waals surface area contributed by atoms with Crippen molar-refractivity contribution in [3.05, 3.63) is 23.8 Å².